The van der Waals surface area contributed by atoms with Crippen LogP contribution in [0.15, 0.2) is 18.3 Å². The van der Waals surface area contributed by atoms with Gasteiger partial charge in [0.05, 0.1) is 12.7 Å². The van der Waals surface area contributed by atoms with Crippen molar-refractivity contribution in [3.63, 3.8) is 0 Å². The summed E-state index contributed by atoms with van der Waals surface area (Å²) in [7, 11) is 0. The molecule has 0 aliphatic heterocycles. The standard InChI is InChI=1S/C15H23N3O/c1-2-11-4-3-5-13(8-11)19-10-12-6-7-18-14(9-12)15(16)17/h6-7,9,11,13H,2-5,8,10H2,1H3,(H3,16,17). The highest BCUT2D eigenvalue weighted by atomic mass is 16.5. The third-order valence-electron chi connectivity index (χ3n) is 3.90. The van der Waals surface area contributed by atoms with E-state index in [1.807, 2.05) is 12.1 Å². The molecule has 0 spiro atoms. The van der Waals surface area contributed by atoms with Crippen LogP contribution in [0.2, 0.25) is 0 Å². The highest BCUT2D eigenvalue weighted by Crippen LogP contribution is 2.28. The van der Waals surface area contributed by atoms with Gasteiger partial charge in [0.2, 0.25) is 0 Å². The Morgan fingerprint density at radius 3 is 3.11 bits per heavy atom. The fourth-order valence-corrected chi connectivity index (χ4v) is 2.69. The Morgan fingerprint density at radius 1 is 1.53 bits per heavy atom. The van der Waals surface area contributed by atoms with E-state index in [1.165, 1.54) is 32.1 Å². The Labute approximate surface area is 114 Å². The van der Waals surface area contributed by atoms with Gasteiger partial charge in [0.1, 0.15) is 11.5 Å². The van der Waals surface area contributed by atoms with Crippen LogP contribution in [0.25, 0.3) is 0 Å². The molecule has 4 heteroatoms. The maximum Gasteiger partial charge on any atom is 0.141 e. The number of nitrogen functional groups attached to an aromatic ring is 1. The van der Waals surface area contributed by atoms with E-state index in [0.717, 1.165) is 11.5 Å². The Bertz CT molecular complexity index is 433. The lowest BCUT2D eigenvalue weighted by Crippen LogP contribution is -2.22. The largest absolute Gasteiger partial charge is 0.382 e. The van der Waals surface area contributed by atoms with Gasteiger partial charge in [-0.05, 0) is 36.5 Å². The topological polar surface area (TPSA) is 72.0 Å². The molecule has 1 aliphatic rings. The number of aromatic nitrogens is 1. The number of amidine groups is 1. The number of rotatable bonds is 5. The number of pyridine rings is 1. The van der Waals surface area contributed by atoms with Crippen molar-refractivity contribution in [2.24, 2.45) is 11.7 Å². The summed E-state index contributed by atoms with van der Waals surface area (Å²) in [6.45, 7) is 2.85. The summed E-state index contributed by atoms with van der Waals surface area (Å²) < 4.78 is 6.00. The van der Waals surface area contributed by atoms with E-state index in [9.17, 15) is 0 Å². The minimum atomic E-state index is 0.00515. The molecule has 0 bridgehead atoms. The van der Waals surface area contributed by atoms with Crippen molar-refractivity contribution in [2.75, 3.05) is 0 Å². The summed E-state index contributed by atoms with van der Waals surface area (Å²) in [5, 5.41) is 7.39. The highest BCUT2D eigenvalue weighted by molar-refractivity contribution is 5.93. The van der Waals surface area contributed by atoms with E-state index >= 15 is 0 Å². The zero-order valence-corrected chi connectivity index (χ0v) is 11.6. The Morgan fingerprint density at radius 2 is 2.37 bits per heavy atom. The van der Waals surface area contributed by atoms with Crippen molar-refractivity contribution in [3.8, 4) is 0 Å². The summed E-state index contributed by atoms with van der Waals surface area (Å²) in [6, 6.07) is 3.76. The van der Waals surface area contributed by atoms with Gasteiger partial charge >= 0.3 is 0 Å². The Hall–Kier alpha value is -1.42. The van der Waals surface area contributed by atoms with Crippen molar-refractivity contribution in [1.82, 2.24) is 4.98 Å². The predicted molar refractivity (Wildman–Crippen MR) is 76.1 cm³/mol. The van der Waals surface area contributed by atoms with Crippen molar-refractivity contribution < 1.29 is 4.74 Å². The fourth-order valence-electron chi connectivity index (χ4n) is 2.69. The van der Waals surface area contributed by atoms with Crippen LogP contribution in [-0.4, -0.2) is 16.9 Å². The number of nitrogens with zero attached hydrogens (tertiary/aromatic N) is 1. The number of nitrogens with two attached hydrogens (primary N) is 1. The molecule has 2 atom stereocenters. The van der Waals surface area contributed by atoms with E-state index in [1.54, 1.807) is 6.20 Å². The molecule has 1 saturated carbocycles. The molecule has 1 aliphatic carbocycles. The number of nitrogens with one attached hydrogen (secondary N) is 1. The maximum absolute atomic E-state index is 7.39. The molecule has 104 valence electrons. The van der Waals surface area contributed by atoms with Gasteiger partial charge < -0.3 is 10.5 Å². The predicted octanol–water partition coefficient (Wildman–Crippen LogP) is 2.85. The van der Waals surface area contributed by atoms with Crippen LogP contribution < -0.4 is 5.73 Å². The molecule has 1 aromatic heterocycles. The van der Waals surface area contributed by atoms with E-state index in [4.69, 9.17) is 15.9 Å². The van der Waals surface area contributed by atoms with Gasteiger partial charge in [0, 0.05) is 6.20 Å². The van der Waals surface area contributed by atoms with Gasteiger partial charge in [-0.25, -0.2) is 0 Å². The van der Waals surface area contributed by atoms with Crippen LogP contribution in [0.5, 0.6) is 0 Å². The van der Waals surface area contributed by atoms with Crippen LogP contribution in [0.3, 0.4) is 0 Å². The molecular formula is C15H23N3O. The molecule has 0 radical (unpaired) electrons. The minimum absolute atomic E-state index is 0.00515. The minimum Gasteiger partial charge on any atom is -0.382 e. The first-order valence-corrected chi connectivity index (χ1v) is 7.10. The van der Waals surface area contributed by atoms with Crippen LogP contribution >= 0.6 is 0 Å². The third kappa shape index (κ3) is 4.03. The SMILES string of the molecule is CCC1CCCC(OCc2ccnc(C(=N)N)c2)C1. The summed E-state index contributed by atoms with van der Waals surface area (Å²) in [5.41, 5.74) is 7.00. The van der Waals surface area contributed by atoms with E-state index in [-0.39, 0.29) is 5.84 Å². The molecule has 3 N–H and O–H groups in total. The molecule has 1 aromatic rings. The van der Waals surface area contributed by atoms with Gasteiger partial charge in [0.15, 0.2) is 0 Å². The summed E-state index contributed by atoms with van der Waals surface area (Å²) in [6.07, 6.45) is 8.29. The Balaban J connectivity index is 1.88. The quantitative estimate of drug-likeness (QED) is 0.632. The van der Waals surface area contributed by atoms with Crippen LogP contribution in [0.4, 0.5) is 0 Å². The number of ether oxygens (including phenoxy) is 1. The number of hydrogen-bond acceptors (Lipinski definition) is 3. The molecular weight excluding hydrogens is 238 g/mol. The average molecular weight is 261 g/mol. The van der Waals surface area contributed by atoms with E-state index in [0.29, 0.717) is 18.4 Å². The first kappa shape index (κ1) is 14.0. The maximum atomic E-state index is 7.39. The normalized spacial score (nSPS) is 23.2. The van der Waals surface area contributed by atoms with Crippen molar-refractivity contribution in [2.45, 2.75) is 51.7 Å². The van der Waals surface area contributed by atoms with Crippen LogP contribution in [-0.2, 0) is 11.3 Å². The van der Waals surface area contributed by atoms with E-state index < -0.39 is 0 Å². The zero-order chi connectivity index (χ0) is 13.7. The molecule has 4 nitrogen and oxygen atoms in total. The molecule has 2 unspecified atom stereocenters. The van der Waals surface area contributed by atoms with Crippen LogP contribution in [0, 0.1) is 11.3 Å². The summed E-state index contributed by atoms with van der Waals surface area (Å²) in [4.78, 5) is 4.05. The Kier molecular flexibility index (Phi) is 4.91. The lowest BCUT2D eigenvalue weighted by molar-refractivity contribution is 0.00174. The summed E-state index contributed by atoms with van der Waals surface area (Å²) in [5.74, 6) is 0.828. The van der Waals surface area contributed by atoms with Crippen LogP contribution in [0.1, 0.15) is 50.3 Å². The van der Waals surface area contributed by atoms with Gasteiger partial charge in [-0.3, -0.25) is 10.4 Å². The second-order valence-electron chi connectivity index (χ2n) is 5.34. The second-order valence-corrected chi connectivity index (χ2v) is 5.34. The molecule has 1 fully saturated rings. The van der Waals surface area contributed by atoms with Gasteiger partial charge in [-0.2, -0.15) is 0 Å². The van der Waals surface area contributed by atoms with Gasteiger partial charge in [0.25, 0.3) is 0 Å². The van der Waals surface area contributed by atoms with E-state index in [2.05, 4.69) is 11.9 Å². The summed E-state index contributed by atoms with van der Waals surface area (Å²) >= 11 is 0. The molecule has 19 heavy (non-hydrogen) atoms. The third-order valence-corrected chi connectivity index (χ3v) is 3.90. The molecule has 0 saturated heterocycles. The fraction of sp³-hybridized carbons (Fsp3) is 0.600. The molecule has 2 rings (SSSR count). The zero-order valence-electron chi connectivity index (χ0n) is 11.6. The van der Waals surface area contributed by atoms with Crippen molar-refractivity contribution in [3.05, 3.63) is 29.6 Å². The number of hydrogen-bond donors (Lipinski definition) is 2. The van der Waals surface area contributed by atoms with Crippen molar-refractivity contribution >= 4 is 5.84 Å². The smallest absolute Gasteiger partial charge is 0.141 e. The van der Waals surface area contributed by atoms with Gasteiger partial charge in [-0.1, -0.05) is 26.2 Å². The lowest BCUT2D eigenvalue weighted by atomic mass is 9.85. The lowest BCUT2D eigenvalue weighted by Gasteiger charge is -2.28. The van der Waals surface area contributed by atoms with Gasteiger partial charge in [-0.15, -0.1) is 0 Å². The highest BCUT2D eigenvalue weighted by Gasteiger charge is 2.21. The average Bonchev–Trinajstić information content (AvgIpc) is 2.45. The second kappa shape index (κ2) is 6.66. The molecule has 1 heterocycles. The monoisotopic (exact) mass is 261 g/mol. The van der Waals surface area contributed by atoms with Crippen molar-refractivity contribution in [1.29, 1.82) is 5.41 Å². The first-order valence-electron chi connectivity index (χ1n) is 7.10. The molecule has 0 aromatic carbocycles. The first-order chi connectivity index (χ1) is 9.19. The molecule has 0 amide bonds.